The molecule has 0 saturated heterocycles. The summed E-state index contributed by atoms with van der Waals surface area (Å²) < 4.78 is 92.7. The fourth-order valence-electron chi connectivity index (χ4n) is 4.51. The van der Waals surface area contributed by atoms with Crippen molar-refractivity contribution in [1.82, 2.24) is 25.6 Å². The number of carbonyl (C=O) groups excluding carboxylic acids is 2. The molecule has 2 N–H and O–H groups in total. The molecule has 0 saturated carbocycles. The zero-order chi connectivity index (χ0) is 32.6. The van der Waals surface area contributed by atoms with Crippen molar-refractivity contribution in [1.29, 1.82) is 0 Å². The minimum Gasteiger partial charge on any atom is -0.465 e. The molecule has 3 aromatic carbocycles. The summed E-state index contributed by atoms with van der Waals surface area (Å²) in [7, 11) is 0. The van der Waals surface area contributed by atoms with Crippen molar-refractivity contribution in [3.63, 3.8) is 0 Å². The average Bonchev–Trinajstić information content (AvgIpc) is 3.43. The molecule has 15 heteroatoms. The molecule has 0 bridgehead atoms. The second-order valence-electron chi connectivity index (χ2n) is 9.73. The molecule has 1 aromatic heterocycles. The lowest BCUT2D eigenvalue weighted by molar-refractivity contribution is -0.253. The summed E-state index contributed by atoms with van der Waals surface area (Å²) in [5.41, 5.74) is -0.940. The van der Waals surface area contributed by atoms with Gasteiger partial charge in [0, 0.05) is 12.5 Å². The quantitative estimate of drug-likeness (QED) is 0.152. The minimum atomic E-state index is -4.95. The van der Waals surface area contributed by atoms with Gasteiger partial charge in [0.25, 0.3) is 0 Å². The fraction of sp³-hybridized carbons (Fsp3) is 0.267. The second kappa shape index (κ2) is 14.1. The van der Waals surface area contributed by atoms with Crippen LogP contribution in [-0.4, -0.2) is 46.1 Å². The van der Waals surface area contributed by atoms with E-state index in [0.717, 1.165) is 24.3 Å². The van der Waals surface area contributed by atoms with Crippen LogP contribution in [-0.2, 0) is 34.6 Å². The first-order valence-electron chi connectivity index (χ1n) is 13.5. The number of nitrogens with one attached hydrogen (secondary N) is 2. The first-order valence-corrected chi connectivity index (χ1v) is 13.5. The van der Waals surface area contributed by atoms with E-state index in [-0.39, 0.29) is 42.9 Å². The summed E-state index contributed by atoms with van der Waals surface area (Å²) in [6.07, 6.45) is -7.89. The van der Waals surface area contributed by atoms with Crippen molar-refractivity contribution in [2.45, 2.75) is 44.5 Å². The first kappa shape index (κ1) is 32.8. The summed E-state index contributed by atoms with van der Waals surface area (Å²) in [6.45, 7) is 1.41. The molecule has 45 heavy (non-hydrogen) atoms. The van der Waals surface area contributed by atoms with Gasteiger partial charge in [0.05, 0.1) is 24.9 Å². The van der Waals surface area contributed by atoms with Crippen molar-refractivity contribution >= 4 is 12.0 Å². The Balaban J connectivity index is 1.73. The molecule has 0 aliphatic rings. The molecule has 238 valence electrons. The number of nitrogens with zero attached hydrogens (tertiary/aromatic N) is 3. The number of carbonyl (C=O) groups is 2. The summed E-state index contributed by atoms with van der Waals surface area (Å²) in [6, 6.07) is 14.7. The van der Waals surface area contributed by atoms with Crippen molar-refractivity contribution in [2.75, 3.05) is 6.61 Å². The Morgan fingerprint density at radius 2 is 1.67 bits per heavy atom. The Bertz CT molecular complexity index is 1600. The van der Waals surface area contributed by atoms with Gasteiger partial charge in [0.2, 0.25) is 0 Å². The van der Waals surface area contributed by atoms with Crippen molar-refractivity contribution in [3.8, 4) is 5.75 Å². The van der Waals surface area contributed by atoms with Gasteiger partial charge in [-0.25, -0.2) is 18.3 Å². The lowest BCUT2D eigenvalue weighted by atomic mass is 9.77. The number of alkyl halides is 4. The van der Waals surface area contributed by atoms with Gasteiger partial charge in [-0.05, 0) is 47.9 Å². The maximum absolute atomic E-state index is 14.9. The van der Waals surface area contributed by atoms with Crippen molar-refractivity contribution in [3.05, 3.63) is 113 Å². The molecule has 1 atom stereocenters. The number of urea groups is 1. The van der Waals surface area contributed by atoms with Gasteiger partial charge >= 0.3 is 24.5 Å². The second-order valence-corrected chi connectivity index (χ2v) is 9.73. The van der Waals surface area contributed by atoms with Crippen LogP contribution in [0.4, 0.5) is 31.1 Å². The topological polar surface area (TPSA) is 107 Å². The highest BCUT2D eigenvalue weighted by molar-refractivity contribution is 5.76. The maximum atomic E-state index is 14.9. The first-order chi connectivity index (χ1) is 21.4. The number of rotatable bonds is 13. The van der Waals surface area contributed by atoms with E-state index in [0.29, 0.717) is 11.6 Å². The van der Waals surface area contributed by atoms with Crippen LogP contribution >= 0.6 is 0 Å². The molecule has 0 aliphatic heterocycles. The third kappa shape index (κ3) is 8.52. The van der Waals surface area contributed by atoms with Crippen LogP contribution in [0.5, 0.6) is 5.75 Å². The number of halogens is 6. The predicted molar refractivity (Wildman–Crippen MR) is 147 cm³/mol. The molecule has 0 aliphatic carbocycles. The van der Waals surface area contributed by atoms with Gasteiger partial charge in [-0.2, -0.15) is 17.6 Å². The summed E-state index contributed by atoms with van der Waals surface area (Å²) >= 11 is 0. The van der Waals surface area contributed by atoms with Gasteiger partial charge in [-0.3, -0.25) is 4.79 Å². The summed E-state index contributed by atoms with van der Waals surface area (Å²) in [4.78, 5) is 25.1. The van der Waals surface area contributed by atoms with E-state index >= 15 is 0 Å². The van der Waals surface area contributed by atoms with Gasteiger partial charge in [-0.1, -0.05) is 47.7 Å². The SMILES string of the molecule is CCOC(=O)Cn1cc(CNC(=O)N[C@](Cc2ccccc2)(c2ccc(F)cc2)c2cc(F)cc(OC(F)(F)C(F)F)c2)nn1. The molecular formula is C30H27F6N5O4. The van der Waals surface area contributed by atoms with Crippen LogP contribution in [0.2, 0.25) is 0 Å². The van der Waals surface area contributed by atoms with E-state index in [4.69, 9.17) is 4.74 Å². The Morgan fingerprint density at radius 1 is 0.956 bits per heavy atom. The zero-order valence-corrected chi connectivity index (χ0v) is 23.7. The molecule has 2 amide bonds. The smallest absolute Gasteiger partial charge is 0.461 e. The van der Waals surface area contributed by atoms with Gasteiger partial charge < -0.3 is 20.1 Å². The van der Waals surface area contributed by atoms with Gasteiger partial charge in [0.1, 0.15) is 29.6 Å². The molecule has 0 unspecified atom stereocenters. The van der Waals surface area contributed by atoms with E-state index in [2.05, 4.69) is 25.7 Å². The number of benzene rings is 3. The summed E-state index contributed by atoms with van der Waals surface area (Å²) in [5.74, 6) is -3.25. The highest BCUT2D eigenvalue weighted by Crippen LogP contribution is 2.37. The van der Waals surface area contributed by atoms with Crippen molar-refractivity contribution < 1.29 is 45.4 Å². The molecule has 0 spiro atoms. The molecule has 0 radical (unpaired) electrons. The zero-order valence-electron chi connectivity index (χ0n) is 23.7. The van der Waals surface area contributed by atoms with Crippen LogP contribution in [0.15, 0.2) is 79.0 Å². The van der Waals surface area contributed by atoms with E-state index in [1.54, 1.807) is 37.3 Å². The highest BCUT2D eigenvalue weighted by atomic mass is 19.3. The van der Waals surface area contributed by atoms with Crippen LogP contribution in [0.3, 0.4) is 0 Å². The van der Waals surface area contributed by atoms with Crippen LogP contribution in [0.25, 0.3) is 0 Å². The number of ether oxygens (including phenoxy) is 2. The Labute approximate surface area is 253 Å². The molecule has 9 nitrogen and oxygen atoms in total. The Kier molecular flexibility index (Phi) is 10.3. The van der Waals surface area contributed by atoms with E-state index in [1.807, 2.05) is 0 Å². The molecule has 1 heterocycles. The van der Waals surface area contributed by atoms with E-state index < -0.39 is 47.5 Å². The molecule has 4 aromatic rings. The van der Waals surface area contributed by atoms with Gasteiger partial charge in [0.15, 0.2) is 0 Å². The Morgan fingerprint density at radius 3 is 2.33 bits per heavy atom. The van der Waals surface area contributed by atoms with Crippen LogP contribution in [0.1, 0.15) is 29.3 Å². The lowest BCUT2D eigenvalue weighted by Gasteiger charge is -2.37. The van der Waals surface area contributed by atoms with Crippen LogP contribution in [0, 0.1) is 11.6 Å². The average molecular weight is 636 g/mol. The standard InChI is InChI=1S/C30H27F6N5O4/c1-2-44-26(42)18-41-17-24(39-40-41)16-37-28(43)38-29(15-19-6-4-3-5-7-19,20-8-10-22(31)11-9-20)21-12-23(32)14-25(13-21)45-30(35,36)27(33)34/h3-14,17,27H,2,15-16,18H2,1H3,(H2,37,38,43)/t29-/m1/s1. The molecule has 4 rings (SSSR count). The lowest BCUT2D eigenvalue weighted by Crippen LogP contribution is -2.52. The third-order valence-corrected chi connectivity index (χ3v) is 6.46. The number of hydrogen-bond donors (Lipinski definition) is 2. The largest absolute Gasteiger partial charge is 0.465 e. The number of aromatic nitrogens is 3. The van der Waals surface area contributed by atoms with Crippen LogP contribution < -0.4 is 15.4 Å². The normalized spacial score (nSPS) is 12.8. The fourth-order valence-corrected chi connectivity index (χ4v) is 4.51. The minimum absolute atomic E-state index is 0.128. The van der Waals surface area contributed by atoms with Crippen molar-refractivity contribution in [2.24, 2.45) is 0 Å². The Hall–Kier alpha value is -5.08. The maximum Gasteiger partial charge on any atom is 0.461 e. The number of amides is 2. The highest BCUT2D eigenvalue weighted by Gasteiger charge is 2.45. The van der Waals surface area contributed by atoms with E-state index in [9.17, 15) is 35.9 Å². The molecular weight excluding hydrogens is 608 g/mol. The third-order valence-electron chi connectivity index (χ3n) is 6.46. The van der Waals surface area contributed by atoms with E-state index in [1.165, 1.54) is 23.0 Å². The number of esters is 1. The predicted octanol–water partition coefficient (Wildman–Crippen LogP) is 5.34. The monoisotopic (exact) mass is 635 g/mol. The number of hydrogen-bond acceptors (Lipinski definition) is 6. The molecule has 0 fully saturated rings. The summed E-state index contributed by atoms with van der Waals surface area (Å²) in [5, 5.41) is 13.0. The van der Waals surface area contributed by atoms with Gasteiger partial charge in [-0.15, -0.1) is 5.10 Å².